The predicted octanol–water partition coefficient (Wildman–Crippen LogP) is 2.89. The number of benzene rings is 1. The molecule has 3 heteroatoms. The molecule has 0 spiro atoms. The summed E-state index contributed by atoms with van der Waals surface area (Å²) in [5.41, 5.74) is 1.21. The molecule has 20 heavy (non-hydrogen) atoms. The predicted molar refractivity (Wildman–Crippen MR) is 79.4 cm³/mol. The lowest BCUT2D eigenvalue weighted by atomic mass is 10.0. The van der Waals surface area contributed by atoms with E-state index < -0.39 is 0 Å². The summed E-state index contributed by atoms with van der Waals surface area (Å²) in [6, 6.07) is 14.1. The molecule has 1 fully saturated rings. The molecule has 0 saturated carbocycles. The Labute approximate surface area is 119 Å². The van der Waals surface area contributed by atoms with Gasteiger partial charge in [0.25, 0.3) is 0 Å². The highest BCUT2D eigenvalue weighted by atomic mass is 16.2. The van der Waals surface area contributed by atoms with Crippen molar-refractivity contribution in [1.82, 2.24) is 9.47 Å². The minimum absolute atomic E-state index is 0.120. The first kappa shape index (κ1) is 13.0. The highest BCUT2D eigenvalue weighted by Gasteiger charge is 2.27. The van der Waals surface area contributed by atoms with E-state index in [2.05, 4.69) is 12.1 Å². The minimum Gasteiger partial charge on any atom is -0.342 e. The lowest BCUT2D eigenvalue weighted by Gasteiger charge is -2.24. The van der Waals surface area contributed by atoms with Gasteiger partial charge in [-0.25, -0.2) is 0 Å². The van der Waals surface area contributed by atoms with Crippen molar-refractivity contribution in [3.8, 4) is 0 Å². The molecule has 3 nitrogen and oxygen atoms in total. The molecule has 0 bridgehead atoms. The molecule has 0 N–H and O–H groups in total. The second kappa shape index (κ2) is 5.95. The summed E-state index contributed by atoms with van der Waals surface area (Å²) >= 11 is 0. The average molecular weight is 268 g/mol. The number of carbonyl (C=O) groups is 1. The Hall–Kier alpha value is -2.03. The van der Waals surface area contributed by atoms with Gasteiger partial charge < -0.3 is 9.47 Å². The largest absolute Gasteiger partial charge is 0.342 e. The smallest absolute Gasteiger partial charge is 0.245 e. The van der Waals surface area contributed by atoms with Crippen molar-refractivity contribution < 1.29 is 4.79 Å². The van der Waals surface area contributed by atoms with Crippen LogP contribution in [0.15, 0.2) is 54.9 Å². The Balaban J connectivity index is 1.82. The SMILES string of the molecule is O=C(C(Cc1ccccc1)n1cccc1)N1CCCC1. The Bertz CT molecular complexity index is 542. The topological polar surface area (TPSA) is 25.2 Å². The lowest BCUT2D eigenvalue weighted by Crippen LogP contribution is -2.36. The molecule has 1 saturated heterocycles. The summed E-state index contributed by atoms with van der Waals surface area (Å²) in [5, 5.41) is 0. The minimum atomic E-state index is -0.120. The van der Waals surface area contributed by atoms with E-state index >= 15 is 0 Å². The lowest BCUT2D eigenvalue weighted by molar-refractivity contribution is -0.133. The van der Waals surface area contributed by atoms with Gasteiger partial charge in [0, 0.05) is 31.9 Å². The molecule has 3 rings (SSSR count). The van der Waals surface area contributed by atoms with Gasteiger partial charge in [-0.3, -0.25) is 4.79 Å². The fourth-order valence-corrected chi connectivity index (χ4v) is 2.86. The van der Waals surface area contributed by atoms with Crippen LogP contribution in [0, 0.1) is 0 Å². The van der Waals surface area contributed by atoms with E-state index in [0.717, 1.165) is 32.4 Å². The third kappa shape index (κ3) is 2.77. The van der Waals surface area contributed by atoms with Gasteiger partial charge in [0.2, 0.25) is 5.91 Å². The first-order valence-corrected chi connectivity index (χ1v) is 7.30. The molecule has 1 aromatic heterocycles. The van der Waals surface area contributed by atoms with Crippen LogP contribution in [0.1, 0.15) is 24.4 Å². The second-order valence-electron chi connectivity index (χ2n) is 5.37. The molecule has 0 aliphatic carbocycles. The summed E-state index contributed by atoms with van der Waals surface area (Å²) < 4.78 is 2.04. The molecule has 104 valence electrons. The number of nitrogens with zero attached hydrogens (tertiary/aromatic N) is 2. The highest BCUT2D eigenvalue weighted by molar-refractivity contribution is 5.81. The zero-order chi connectivity index (χ0) is 13.8. The molecular formula is C17H20N2O. The molecule has 2 aromatic rings. The number of amides is 1. The normalized spacial score (nSPS) is 16.3. The van der Waals surface area contributed by atoms with Crippen molar-refractivity contribution in [3.63, 3.8) is 0 Å². The van der Waals surface area contributed by atoms with Crippen LogP contribution < -0.4 is 0 Å². The zero-order valence-electron chi connectivity index (χ0n) is 11.6. The Morgan fingerprint density at radius 3 is 2.30 bits per heavy atom. The molecule has 1 aliphatic rings. The van der Waals surface area contributed by atoms with E-state index in [0.29, 0.717) is 0 Å². The van der Waals surface area contributed by atoms with Gasteiger partial charge in [-0.05, 0) is 30.5 Å². The fraction of sp³-hybridized carbons (Fsp3) is 0.353. The summed E-state index contributed by atoms with van der Waals surface area (Å²) in [6.07, 6.45) is 7.00. The molecule has 2 heterocycles. The van der Waals surface area contributed by atoms with Crippen LogP contribution in [-0.4, -0.2) is 28.5 Å². The number of hydrogen-bond acceptors (Lipinski definition) is 1. The van der Waals surface area contributed by atoms with Gasteiger partial charge in [-0.15, -0.1) is 0 Å². The zero-order valence-corrected chi connectivity index (χ0v) is 11.6. The quantitative estimate of drug-likeness (QED) is 0.837. The number of carbonyl (C=O) groups excluding carboxylic acids is 1. The van der Waals surface area contributed by atoms with Gasteiger partial charge in [-0.2, -0.15) is 0 Å². The van der Waals surface area contributed by atoms with Crippen molar-refractivity contribution in [2.24, 2.45) is 0 Å². The van der Waals surface area contributed by atoms with Gasteiger partial charge in [0.15, 0.2) is 0 Å². The first-order chi connectivity index (χ1) is 9.84. The van der Waals surface area contributed by atoms with Crippen molar-refractivity contribution in [1.29, 1.82) is 0 Å². The maximum atomic E-state index is 12.8. The maximum absolute atomic E-state index is 12.8. The number of rotatable bonds is 4. The molecule has 1 aliphatic heterocycles. The van der Waals surface area contributed by atoms with Crippen LogP contribution in [-0.2, 0) is 11.2 Å². The molecule has 1 aromatic carbocycles. The van der Waals surface area contributed by atoms with Gasteiger partial charge >= 0.3 is 0 Å². The van der Waals surface area contributed by atoms with Crippen LogP contribution >= 0.6 is 0 Å². The first-order valence-electron chi connectivity index (χ1n) is 7.30. The van der Waals surface area contributed by atoms with Gasteiger partial charge in [-0.1, -0.05) is 30.3 Å². The summed E-state index contributed by atoms with van der Waals surface area (Å²) in [4.78, 5) is 14.8. The number of aromatic nitrogens is 1. The van der Waals surface area contributed by atoms with Crippen molar-refractivity contribution in [2.45, 2.75) is 25.3 Å². The van der Waals surface area contributed by atoms with E-state index in [9.17, 15) is 4.79 Å². The number of likely N-dealkylation sites (tertiary alicyclic amines) is 1. The van der Waals surface area contributed by atoms with E-state index in [-0.39, 0.29) is 11.9 Å². The van der Waals surface area contributed by atoms with Crippen LogP contribution in [0.25, 0.3) is 0 Å². The maximum Gasteiger partial charge on any atom is 0.245 e. The van der Waals surface area contributed by atoms with Crippen molar-refractivity contribution in [2.75, 3.05) is 13.1 Å². The standard InChI is InChI=1S/C17H20N2O/c20-17(19-12-6-7-13-19)16(18-10-4-5-11-18)14-15-8-2-1-3-9-15/h1-5,8-11,16H,6-7,12-14H2. The van der Waals surface area contributed by atoms with Crippen LogP contribution in [0.4, 0.5) is 0 Å². The monoisotopic (exact) mass is 268 g/mol. The summed E-state index contributed by atoms with van der Waals surface area (Å²) in [5.74, 6) is 0.252. The summed E-state index contributed by atoms with van der Waals surface area (Å²) in [7, 11) is 0. The second-order valence-corrected chi connectivity index (χ2v) is 5.37. The molecule has 1 amide bonds. The Morgan fingerprint density at radius 1 is 1.00 bits per heavy atom. The number of hydrogen-bond donors (Lipinski definition) is 0. The van der Waals surface area contributed by atoms with Crippen molar-refractivity contribution in [3.05, 3.63) is 60.4 Å². The van der Waals surface area contributed by atoms with Crippen LogP contribution in [0.2, 0.25) is 0 Å². The van der Waals surface area contributed by atoms with Crippen LogP contribution in [0.5, 0.6) is 0 Å². The molecule has 1 atom stereocenters. The van der Waals surface area contributed by atoms with Gasteiger partial charge in [0.1, 0.15) is 6.04 Å². The highest BCUT2D eigenvalue weighted by Crippen LogP contribution is 2.20. The van der Waals surface area contributed by atoms with E-state index in [1.165, 1.54) is 5.56 Å². The molecule has 1 unspecified atom stereocenters. The van der Waals surface area contributed by atoms with E-state index in [1.807, 2.05) is 52.2 Å². The van der Waals surface area contributed by atoms with Crippen molar-refractivity contribution >= 4 is 5.91 Å². The summed E-state index contributed by atoms with van der Waals surface area (Å²) in [6.45, 7) is 1.82. The molecular weight excluding hydrogens is 248 g/mol. The third-order valence-corrected chi connectivity index (χ3v) is 3.96. The Morgan fingerprint density at radius 2 is 1.65 bits per heavy atom. The van der Waals surface area contributed by atoms with Gasteiger partial charge in [0.05, 0.1) is 0 Å². The Kier molecular flexibility index (Phi) is 3.86. The average Bonchev–Trinajstić information content (AvgIpc) is 3.18. The fourth-order valence-electron chi connectivity index (χ4n) is 2.86. The molecule has 0 radical (unpaired) electrons. The van der Waals surface area contributed by atoms with E-state index in [4.69, 9.17) is 0 Å². The van der Waals surface area contributed by atoms with Crippen LogP contribution in [0.3, 0.4) is 0 Å². The third-order valence-electron chi connectivity index (χ3n) is 3.96. The van der Waals surface area contributed by atoms with E-state index in [1.54, 1.807) is 0 Å².